The monoisotopic (exact) mass is 380 g/mol. The smallest absolute Gasteiger partial charge is 0.278 e. The third kappa shape index (κ3) is 4.00. The lowest BCUT2D eigenvalue weighted by atomic mass is 10.1. The van der Waals surface area contributed by atoms with E-state index in [0.29, 0.717) is 11.4 Å². The Morgan fingerprint density at radius 2 is 2.04 bits per heavy atom. The van der Waals surface area contributed by atoms with E-state index in [1.807, 2.05) is 6.92 Å². The van der Waals surface area contributed by atoms with Gasteiger partial charge in [0.05, 0.1) is 22.3 Å². The minimum Gasteiger partial charge on any atom is -0.320 e. The summed E-state index contributed by atoms with van der Waals surface area (Å²) < 4.78 is 1.80. The van der Waals surface area contributed by atoms with Gasteiger partial charge in [-0.2, -0.15) is 0 Å². The zero-order valence-corrected chi connectivity index (χ0v) is 15.4. The lowest BCUT2D eigenvalue weighted by molar-refractivity contribution is -0.384. The number of nitrogens with zero attached hydrogens (tertiary/aromatic N) is 4. The van der Waals surface area contributed by atoms with Crippen LogP contribution in [-0.2, 0) is 0 Å². The molecule has 0 radical (unpaired) electrons. The standard InChI is InChI=1S/C16H20N6O3.ClH/c1-10-3-4-13(22(24)25)9-14(10)18-16(23)15-11(2)21(20-19-15)12-5-7-17-8-6-12;/h3-4,9,12,17H,5-8H2,1-2H3,(H,18,23);1H. The number of nitro groups is 1. The molecule has 1 saturated heterocycles. The zero-order chi connectivity index (χ0) is 18.0. The molecule has 0 bridgehead atoms. The maximum atomic E-state index is 12.6. The molecule has 9 nitrogen and oxygen atoms in total. The molecule has 1 aliphatic heterocycles. The number of aromatic nitrogens is 3. The highest BCUT2D eigenvalue weighted by atomic mass is 35.5. The van der Waals surface area contributed by atoms with Gasteiger partial charge in [-0.05, 0) is 45.3 Å². The van der Waals surface area contributed by atoms with E-state index in [1.165, 1.54) is 12.1 Å². The summed E-state index contributed by atoms with van der Waals surface area (Å²) in [5, 5.41) is 25.1. The van der Waals surface area contributed by atoms with E-state index in [0.717, 1.165) is 31.5 Å². The van der Waals surface area contributed by atoms with E-state index >= 15 is 0 Å². The molecule has 1 aromatic heterocycles. The van der Waals surface area contributed by atoms with E-state index < -0.39 is 10.8 Å². The third-order valence-corrected chi connectivity index (χ3v) is 4.48. The van der Waals surface area contributed by atoms with Crippen molar-refractivity contribution in [3.05, 3.63) is 45.3 Å². The average Bonchev–Trinajstić information content (AvgIpc) is 2.99. The number of benzene rings is 1. The van der Waals surface area contributed by atoms with E-state index in [1.54, 1.807) is 17.7 Å². The molecular weight excluding hydrogens is 360 g/mol. The molecule has 0 saturated carbocycles. The summed E-state index contributed by atoms with van der Waals surface area (Å²) >= 11 is 0. The highest BCUT2D eigenvalue weighted by Crippen LogP contribution is 2.24. The SMILES string of the molecule is Cc1ccc([N+](=O)[O-])cc1NC(=O)c1nnn(C2CCNCC2)c1C.Cl. The molecule has 1 aliphatic rings. The summed E-state index contributed by atoms with van der Waals surface area (Å²) in [6.45, 7) is 5.42. The van der Waals surface area contributed by atoms with Gasteiger partial charge in [-0.25, -0.2) is 4.68 Å². The molecule has 0 unspecified atom stereocenters. The van der Waals surface area contributed by atoms with Gasteiger partial charge in [-0.15, -0.1) is 17.5 Å². The van der Waals surface area contributed by atoms with E-state index in [2.05, 4.69) is 20.9 Å². The second kappa shape index (κ2) is 8.24. The normalized spacial score (nSPS) is 14.5. The lowest BCUT2D eigenvalue weighted by Crippen LogP contribution is -2.30. The number of aryl methyl sites for hydroxylation is 1. The fraction of sp³-hybridized carbons (Fsp3) is 0.438. The number of halogens is 1. The van der Waals surface area contributed by atoms with Crippen molar-refractivity contribution in [2.75, 3.05) is 18.4 Å². The molecule has 26 heavy (non-hydrogen) atoms. The van der Waals surface area contributed by atoms with Crippen LogP contribution in [0.15, 0.2) is 18.2 Å². The number of anilines is 1. The van der Waals surface area contributed by atoms with Gasteiger partial charge in [0.1, 0.15) is 0 Å². The van der Waals surface area contributed by atoms with Crippen LogP contribution in [0.4, 0.5) is 11.4 Å². The Morgan fingerprint density at radius 1 is 1.35 bits per heavy atom. The molecule has 3 rings (SSSR count). The number of amides is 1. The zero-order valence-electron chi connectivity index (χ0n) is 14.6. The summed E-state index contributed by atoms with van der Waals surface area (Å²) in [4.78, 5) is 23.0. The predicted molar refractivity (Wildman–Crippen MR) is 98.9 cm³/mol. The second-order valence-electron chi connectivity index (χ2n) is 6.16. The highest BCUT2D eigenvalue weighted by Gasteiger charge is 2.23. The first-order valence-electron chi connectivity index (χ1n) is 8.16. The number of carbonyl (C=O) groups is 1. The van der Waals surface area contributed by atoms with Gasteiger partial charge >= 0.3 is 0 Å². The number of hydrogen-bond donors (Lipinski definition) is 2. The Balaban J connectivity index is 0.00000243. The van der Waals surface area contributed by atoms with Crippen LogP contribution in [0.5, 0.6) is 0 Å². The minimum atomic E-state index is -0.492. The van der Waals surface area contributed by atoms with Crippen LogP contribution in [-0.4, -0.2) is 38.9 Å². The van der Waals surface area contributed by atoms with Crippen molar-refractivity contribution >= 4 is 29.7 Å². The van der Waals surface area contributed by atoms with E-state index in [9.17, 15) is 14.9 Å². The topological polar surface area (TPSA) is 115 Å². The molecule has 2 N–H and O–H groups in total. The summed E-state index contributed by atoms with van der Waals surface area (Å²) in [5.74, 6) is -0.415. The molecular formula is C16H21ClN6O3. The van der Waals surface area contributed by atoms with Gasteiger partial charge < -0.3 is 10.6 Å². The highest BCUT2D eigenvalue weighted by molar-refractivity contribution is 6.04. The van der Waals surface area contributed by atoms with Gasteiger partial charge in [0, 0.05) is 12.1 Å². The van der Waals surface area contributed by atoms with Crippen molar-refractivity contribution in [2.24, 2.45) is 0 Å². The van der Waals surface area contributed by atoms with Crippen molar-refractivity contribution < 1.29 is 9.72 Å². The van der Waals surface area contributed by atoms with E-state index in [4.69, 9.17) is 0 Å². The first-order valence-corrected chi connectivity index (χ1v) is 8.16. The van der Waals surface area contributed by atoms with Crippen molar-refractivity contribution in [3.63, 3.8) is 0 Å². The number of non-ortho nitro benzene ring substituents is 1. The van der Waals surface area contributed by atoms with Crippen LogP contribution >= 0.6 is 12.4 Å². The van der Waals surface area contributed by atoms with Gasteiger partial charge in [0.2, 0.25) is 0 Å². The molecule has 0 spiro atoms. The summed E-state index contributed by atoms with van der Waals surface area (Å²) in [6, 6.07) is 4.59. The fourth-order valence-corrected chi connectivity index (χ4v) is 2.99. The fourth-order valence-electron chi connectivity index (χ4n) is 2.99. The Labute approximate surface area is 156 Å². The van der Waals surface area contributed by atoms with Gasteiger partial charge in [-0.3, -0.25) is 14.9 Å². The van der Waals surface area contributed by atoms with Crippen LogP contribution in [0, 0.1) is 24.0 Å². The average molecular weight is 381 g/mol. The maximum absolute atomic E-state index is 12.6. The Morgan fingerprint density at radius 3 is 2.69 bits per heavy atom. The van der Waals surface area contributed by atoms with Crippen LogP contribution in [0.25, 0.3) is 0 Å². The molecule has 1 fully saturated rings. The van der Waals surface area contributed by atoms with Gasteiger partial charge in [-0.1, -0.05) is 11.3 Å². The first kappa shape index (κ1) is 19.8. The molecule has 2 heterocycles. The van der Waals surface area contributed by atoms with Crippen molar-refractivity contribution in [2.45, 2.75) is 32.7 Å². The Kier molecular flexibility index (Phi) is 6.27. The molecule has 2 aromatic rings. The number of rotatable bonds is 4. The maximum Gasteiger partial charge on any atom is 0.278 e. The summed E-state index contributed by atoms with van der Waals surface area (Å²) in [5.41, 5.74) is 2.00. The minimum absolute atomic E-state index is 0. The largest absolute Gasteiger partial charge is 0.320 e. The van der Waals surface area contributed by atoms with Gasteiger partial charge in [0.25, 0.3) is 11.6 Å². The third-order valence-electron chi connectivity index (χ3n) is 4.48. The number of hydrogen-bond acceptors (Lipinski definition) is 6. The Bertz CT molecular complexity index is 816. The quantitative estimate of drug-likeness (QED) is 0.621. The summed E-state index contributed by atoms with van der Waals surface area (Å²) in [7, 11) is 0. The first-order chi connectivity index (χ1) is 12.0. The van der Waals surface area contributed by atoms with Crippen LogP contribution in [0.3, 0.4) is 0 Å². The van der Waals surface area contributed by atoms with Crippen LogP contribution < -0.4 is 10.6 Å². The van der Waals surface area contributed by atoms with E-state index in [-0.39, 0.29) is 29.8 Å². The number of nitrogens with one attached hydrogen (secondary N) is 2. The van der Waals surface area contributed by atoms with Crippen molar-refractivity contribution in [1.82, 2.24) is 20.3 Å². The number of carbonyl (C=O) groups excluding carboxylic acids is 1. The van der Waals surface area contributed by atoms with Crippen LogP contribution in [0.2, 0.25) is 0 Å². The van der Waals surface area contributed by atoms with Crippen molar-refractivity contribution in [3.8, 4) is 0 Å². The van der Waals surface area contributed by atoms with Crippen LogP contribution in [0.1, 0.15) is 40.6 Å². The summed E-state index contributed by atoms with van der Waals surface area (Å²) in [6.07, 6.45) is 1.88. The molecule has 140 valence electrons. The van der Waals surface area contributed by atoms with Gasteiger partial charge in [0.15, 0.2) is 5.69 Å². The number of nitro benzene ring substituents is 1. The predicted octanol–water partition coefficient (Wildman–Crippen LogP) is 2.40. The molecule has 1 aromatic carbocycles. The van der Waals surface area contributed by atoms with Crippen molar-refractivity contribution in [1.29, 1.82) is 0 Å². The lowest BCUT2D eigenvalue weighted by Gasteiger charge is -2.23. The molecule has 1 amide bonds. The Hall–Kier alpha value is -2.52. The molecule has 10 heteroatoms. The molecule has 0 atom stereocenters. The second-order valence-corrected chi connectivity index (χ2v) is 6.16. The number of piperidine rings is 1. The molecule has 0 aliphatic carbocycles.